The Morgan fingerprint density at radius 2 is 2.19 bits per heavy atom. The van der Waals surface area contributed by atoms with Gasteiger partial charge in [-0.05, 0) is 27.4 Å². The number of methoxy groups -OCH3 is 1. The zero-order valence-corrected chi connectivity index (χ0v) is 10.8. The van der Waals surface area contributed by atoms with Crippen LogP contribution in [0.5, 0.6) is 0 Å². The van der Waals surface area contributed by atoms with Crippen molar-refractivity contribution in [1.29, 1.82) is 0 Å². The highest BCUT2D eigenvalue weighted by Crippen LogP contribution is 1.95. The second kappa shape index (κ2) is 9.57. The van der Waals surface area contributed by atoms with E-state index in [2.05, 4.69) is 10.2 Å². The molecule has 0 aromatic rings. The fraction of sp³-hybridized carbons (Fsp3) is 0.909. The molecular formula is C11H24N2O3. The monoisotopic (exact) mass is 232 g/mol. The van der Waals surface area contributed by atoms with Crippen molar-refractivity contribution in [3.8, 4) is 0 Å². The van der Waals surface area contributed by atoms with Crippen LogP contribution in [0.1, 0.15) is 13.3 Å². The van der Waals surface area contributed by atoms with Gasteiger partial charge in [0.2, 0.25) is 0 Å². The van der Waals surface area contributed by atoms with Crippen molar-refractivity contribution < 1.29 is 14.3 Å². The number of nitrogens with one attached hydrogen (secondary N) is 1. The second-order valence-corrected chi connectivity index (χ2v) is 3.70. The summed E-state index contributed by atoms with van der Waals surface area (Å²) in [7, 11) is 5.44. The number of esters is 1. The van der Waals surface area contributed by atoms with E-state index in [0.717, 1.165) is 19.6 Å². The van der Waals surface area contributed by atoms with Gasteiger partial charge in [0.1, 0.15) is 6.04 Å². The molecule has 0 aliphatic heterocycles. The molecule has 1 N–H and O–H groups in total. The van der Waals surface area contributed by atoms with Crippen molar-refractivity contribution in [3.05, 3.63) is 0 Å². The van der Waals surface area contributed by atoms with Gasteiger partial charge in [-0.1, -0.05) is 0 Å². The van der Waals surface area contributed by atoms with E-state index < -0.39 is 0 Å². The number of ether oxygens (including phenoxy) is 2. The molecule has 0 saturated carbocycles. The van der Waals surface area contributed by atoms with E-state index in [9.17, 15) is 4.79 Å². The van der Waals surface area contributed by atoms with Gasteiger partial charge < -0.3 is 19.7 Å². The molecule has 0 bridgehead atoms. The number of hydrogen-bond donors (Lipinski definition) is 1. The highest BCUT2D eigenvalue weighted by molar-refractivity contribution is 5.76. The van der Waals surface area contributed by atoms with Gasteiger partial charge in [-0.2, -0.15) is 0 Å². The van der Waals surface area contributed by atoms with Gasteiger partial charge in [-0.3, -0.25) is 4.79 Å². The molecule has 16 heavy (non-hydrogen) atoms. The fourth-order valence-electron chi connectivity index (χ4n) is 1.41. The van der Waals surface area contributed by atoms with E-state index in [-0.39, 0.29) is 12.0 Å². The van der Waals surface area contributed by atoms with E-state index in [1.54, 1.807) is 14.2 Å². The van der Waals surface area contributed by atoms with Crippen molar-refractivity contribution in [1.82, 2.24) is 10.2 Å². The predicted octanol–water partition coefficient (Wildman–Crippen LogP) is 0.106. The summed E-state index contributed by atoms with van der Waals surface area (Å²) in [4.78, 5) is 13.6. The molecule has 1 atom stereocenters. The minimum Gasteiger partial charge on any atom is -0.465 e. The molecule has 1 unspecified atom stereocenters. The number of hydrogen-bond acceptors (Lipinski definition) is 5. The van der Waals surface area contributed by atoms with E-state index in [4.69, 9.17) is 9.47 Å². The number of carbonyl (C=O) groups is 1. The molecule has 0 aromatic heterocycles. The molecule has 0 amide bonds. The number of nitrogens with zero attached hydrogens (tertiary/aromatic N) is 1. The van der Waals surface area contributed by atoms with Crippen molar-refractivity contribution in [2.75, 3.05) is 47.5 Å². The van der Waals surface area contributed by atoms with Crippen molar-refractivity contribution in [3.63, 3.8) is 0 Å². The van der Waals surface area contributed by atoms with Crippen LogP contribution in [0, 0.1) is 0 Å². The highest BCUT2D eigenvalue weighted by atomic mass is 16.5. The Labute approximate surface area is 98.1 Å². The molecule has 5 heteroatoms. The topological polar surface area (TPSA) is 50.8 Å². The minimum absolute atomic E-state index is 0.191. The average molecular weight is 232 g/mol. The molecule has 0 aromatic carbocycles. The second-order valence-electron chi connectivity index (χ2n) is 3.70. The van der Waals surface area contributed by atoms with Crippen LogP contribution in [0.25, 0.3) is 0 Å². The summed E-state index contributed by atoms with van der Waals surface area (Å²) in [5, 5.41) is 2.96. The molecule has 0 spiro atoms. The Morgan fingerprint density at radius 3 is 2.69 bits per heavy atom. The molecule has 0 fully saturated rings. The maximum atomic E-state index is 11.5. The zero-order chi connectivity index (χ0) is 12.4. The van der Waals surface area contributed by atoms with Gasteiger partial charge in [-0.25, -0.2) is 0 Å². The van der Waals surface area contributed by atoms with E-state index in [0.29, 0.717) is 13.2 Å². The Bertz CT molecular complexity index is 188. The summed E-state index contributed by atoms with van der Waals surface area (Å²) in [6, 6.07) is -0.257. The van der Waals surface area contributed by atoms with Crippen LogP contribution in [-0.4, -0.2) is 64.4 Å². The van der Waals surface area contributed by atoms with Gasteiger partial charge in [0.25, 0.3) is 0 Å². The lowest BCUT2D eigenvalue weighted by molar-refractivity contribution is -0.145. The first kappa shape index (κ1) is 15.3. The molecule has 0 aliphatic rings. The first-order valence-electron chi connectivity index (χ1n) is 5.67. The fourth-order valence-corrected chi connectivity index (χ4v) is 1.41. The molecule has 0 saturated heterocycles. The quantitative estimate of drug-likeness (QED) is 0.451. The molecule has 0 radical (unpaired) electrons. The number of rotatable bonds is 9. The van der Waals surface area contributed by atoms with Crippen LogP contribution in [0.15, 0.2) is 0 Å². The third-order valence-corrected chi connectivity index (χ3v) is 2.30. The largest absolute Gasteiger partial charge is 0.465 e. The lowest BCUT2D eigenvalue weighted by Gasteiger charge is -2.22. The van der Waals surface area contributed by atoms with Gasteiger partial charge in [-0.15, -0.1) is 0 Å². The predicted molar refractivity (Wildman–Crippen MR) is 63.5 cm³/mol. The first-order valence-corrected chi connectivity index (χ1v) is 5.67. The lowest BCUT2D eigenvalue weighted by Crippen LogP contribution is -2.44. The summed E-state index contributed by atoms with van der Waals surface area (Å²) in [5.74, 6) is -0.191. The molecule has 0 rings (SSSR count). The van der Waals surface area contributed by atoms with Crippen molar-refractivity contribution in [2.24, 2.45) is 0 Å². The Hall–Kier alpha value is -0.650. The maximum Gasteiger partial charge on any atom is 0.324 e. The number of likely N-dealkylation sites (N-methyl/N-ethyl adjacent to an activating group) is 2. The lowest BCUT2D eigenvalue weighted by atomic mass is 10.2. The van der Waals surface area contributed by atoms with Gasteiger partial charge >= 0.3 is 5.97 Å². The van der Waals surface area contributed by atoms with Crippen LogP contribution in [0.2, 0.25) is 0 Å². The Balaban J connectivity index is 3.86. The standard InChI is InChI=1S/C11H24N2O3/c1-5-16-11(14)10(12-2)9-13(3)7-6-8-15-4/h10,12H,5-9H2,1-4H3. The first-order chi connectivity index (χ1) is 7.65. The maximum absolute atomic E-state index is 11.5. The normalized spacial score (nSPS) is 12.8. The van der Waals surface area contributed by atoms with Crippen LogP contribution in [0.3, 0.4) is 0 Å². The summed E-state index contributed by atoms with van der Waals surface area (Å²) >= 11 is 0. The van der Waals surface area contributed by atoms with Gasteiger partial charge in [0.15, 0.2) is 0 Å². The van der Waals surface area contributed by atoms with Crippen LogP contribution < -0.4 is 5.32 Å². The zero-order valence-electron chi connectivity index (χ0n) is 10.8. The molecule has 0 aliphatic carbocycles. The smallest absolute Gasteiger partial charge is 0.324 e. The summed E-state index contributed by atoms with van der Waals surface area (Å²) in [5.41, 5.74) is 0. The third-order valence-electron chi connectivity index (χ3n) is 2.30. The van der Waals surface area contributed by atoms with Crippen LogP contribution in [0.4, 0.5) is 0 Å². The summed E-state index contributed by atoms with van der Waals surface area (Å²) in [6.07, 6.45) is 0.965. The molecule has 96 valence electrons. The average Bonchev–Trinajstić information content (AvgIpc) is 2.26. The summed E-state index contributed by atoms with van der Waals surface area (Å²) < 4.78 is 9.94. The van der Waals surface area contributed by atoms with Crippen molar-refractivity contribution >= 4 is 5.97 Å². The van der Waals surface area contributed by atoms with E-state index in [1.165, 1.54) is 0 Å². The highest BCUT2D eigenvalue weighted by Gasteiger charge is 2.18. The van der Waals surface area contributed by atoms with E-state index >= 15 is 0 Å². The third kappa shape index (κ3) is 6.76. The minimum atomic E-state index is -0.257. The molecule has 5 nitrogen and oxygen atoms in total. The SMILES string of the molecule is CCOC(=O)C(CN(C)CCCOC)NC. The van der Waals surface area contributed by atoms with E-state index in [1.807, 2.05) is 14.0 Å². The van der Waals surface area contributed by atoms with Gasteiger partial charge in [0.05, 0.1) is 6.61 Å². The van der Waals surface area contributed by atoms with Crippen LogP contribution in [-0.2, 0) is 14.3 Å². The molecule has 0 heterocycles. The Kier molecular flexibility index (Phi) is 9.18. The Morgan fingerprint density at radius 1 is 1.50 bits per heavy atom. The van der Waals surface area contributed by atoms with Gasteiger partial charge in [0, 0.05) is 26.8 Å². The molecular weight excluding hydrogens is 208 g/mol. The van der Waals surface area contributed by atoms with Crippen molar-refractivity contribution in [2.45, 2.75) is 19.4 Å². The van der Waals surface area contributed by atoms with Crippen LogP contribution >= 0.6 is 0 Å². The number of carbonyl (C=O) groups excluding carboxylic acids is 1. The summed E-state index contributed by atoms with van der Waals surface area (Å²) in [6.45, 7) is 4.54.